The number of guanidine groups is 1. The molecule has 3 fully saturated rings. The van der Waals surface area contributed by atoms with Gasteiger partial charge in [0.25, 0.3) is 5.91 Å². The Bertz CT molecular complexity index is 321. The zero-order chi connectivity index (χ0) is 11.1. The molecule has 0 bridgehead atoms. The topological polar surface area (TPSA) is 65.4 Å². The summed E-state index contributed by atoms with van der Waals surface area (Å²) in [5.74, 6) is 0.600. The Balaban J connectivity index is 1.79. The fourth-order valence-corrected chi connectivity index (χ4v) is 2.52. The van der Waals surface area contributed by atoms with Crippen LogP contribution in [0.2, 0.25) is 0 Å². The summed E-state index contributed by atoms with van der Waals surface area (Å²) in [6.07, 6.45) is 4.01. The zero-order valence-corrected chi connectivity index (χ0v) is 9.16. The molecule has 2 N–H and O–H groups in total. The van der Waals surface area contributed by atoms with Gasteiger partial charge in [-0.15, -0.1) is 0 Å². The number of amides is 1. The van der Waals surface area contributed by atoms with Crippen LogP contribution in [0.15, 0.2) is 0 Å². The van der Waals surface area contributed by atoms with Crippen LogP contribution in [-0.2, 0) is 9.53 Å². The minimum Gasteiger partial charge on any atom is -0.381 e. The van der Waals surface area contributed by atoms with Gasteiger partial charge < -0.3 is 9.64 Å². The lowest BCUT2D eigenvalue weighted by molar-refractivity contribution is -0.118. The van der Waals surface area contributed by atoms with Gasteiger partial charge in [0.1, 0.15) is 0 Å². The Labute approximate surface area is 94.6 Å². The summed E-state index contributed by atoms with van der Waals surface area (Å²) in [6.45, 7) is 1.47. The average molecular weight is 222 g/mol. The van der Waals surface area contributed by atoms with Crippen LogP contribution in [0.1, 0.15) is 25.7 Å². The molecule has 0 aromatic carbocycles. The number of hydrogen-bond acceptors (Lipinski definition) is 3. The monoisotopic (exact) mass is 222 g/mol. The molecule has 1 amide bonds. The molecule has 16 heavy (non-hydrogen) atoms. The van der Waals surface area contributed by atoms with E-state index in [9.17, 15) is 4.79 Å². The third-order valence-electron chi connectivity index (χ3n) is 3.49. The van der Waals surface area contributed by atoms with Crippen LogP contribution in [0.25, 0.3) is 0 Å². The molecule has 3 aliphatic rings. The largest absolute Gasteiger partial charge is 0.381 e. The number of nitrogens with one attached hydrogen (secondary N) is 2. The van der Waals surface area contributed by atoms with E-state index in [1.54, 1.807) is 0 Å². The van der Waals surface area contributed by atoms with Crippen LogP contribution in [0, 0.1) is 17.4 Å². The highest BCUT2D eigenvalue weighted by molar-refractivity contribution is 6.10. The second kappa shape index (κ2) is 3.73. The Morgan fingerprint density at radius 2 is 1.94 bits per heavy atom. The molecule has 1 aliphatic carbocycles. The molecule has 5 heteroatoms. The maximum Gasteiger partial charge on any atom is 0.255 e. The van der Waals surface area contributed by atoms with Crippen LogP contribution >= 0.6 is 0 Å². The number of hydrogen-bond donors (Lipinski definition) is 2. The van der Waals surface area contributed by atoms with Crippen molar-refractivity contribution in [2.24, 2.45) is 5.92 Å². The SMILES string of the molecule is N=C1NC(=O)[C](C2CC2)N1C1CCOCC1. The smallest absolute Gasteiger partial charge is 0.255 e. The Kier molecular flexibility index (Phi) is 2.35. The van der Waals surface area contributed by atoms with E-state index in [4.69, 9.17) is 10.1 Å². The number of rotatable bonds is 2. The Hall–Kier alpha value is -1.10. The van der Waals surface area contributed by atoms with Crippen molar-refractivity contribution in [3.05, 3.63) is 6.04 Å². The molecule has 0 spiro atoms. The van der Waals surface area contributed by atoms with Crippen LogP contribution in [0.5, 0.6) is 0 Å². The predicted molar refractivity (Wildman–Crippen MR) is 57.5 cm³/mol. The first-order valence-corrected chi connectivity index (χ1v) is 5.91. The summed E-state index contributed by atoms with van der Waals surface area (Å²) in [7, 11) is 0. The normalized spacial score (nSPS) is 28.6. The van der Waals surface area contributed by atoms with Gasteiger partial charge in [0, 0.05) is 19.3 Å². The predicted octanol–water partition coefficient (Wildman–Crippen LogP) is 0.474. The highest BCUT2D eigenvalue weighted by atomic mass is 16.5. The molecular formula is C11H16N3O2. The first-order chi connectivity index (χ1) is 7.77. The molecule has 2 aliphatic heterocycles. The van der Waals surface area contributed by atoms with E-state index >= 15 is 0 Å². The summed E-state index contributed by atoms with van der Waals surface area (Å²) in [6, 6.07) is 1.10. The Morgan fingerprint density at radius 1 is 1.25 bits per heavy atom. The van der Waals surface area contributed by atoms with E-state index in [1.807, 2.05) is 4.90 Å². The summed E-state index contributed by atoms with van der Waals surface area (Å²) < 4.78 is 5.32. The van der Waals surface area contributed by atoms with E-state index in [2.05, 4.69) is 5.32 Å². The lowest BCUT2D eigenvalue weighted by Crippen LogP contribution is -2.43. The van der Waals surface area contributed by atoms with Crippen molar-refractivity contribution in [2.75, 3.05) is 13.2 Å². The van der Waals surface area contributed by atoms with Crippen molar-refractivity contribution in [3.63, 3.8) is 0 Å². The van der Waals surface area contributed by atoms with Gasteiger partial charge in [0.05, 0.1) is 0 Å². The van der Waals surface area contributed by atoms with Gasteiger partial charge in [-0.1, -0.05) is 0 Å². The average Bonchev–Trinajstić information content (AvgIpc) is 3.06. The molecule has 2 heterocycles. The summed E-state index contributed by atoms with van der Waals surface area (Å²) in [5, 5.41) is 10.5. The van der Waals surface area contributed by atoms with Crippen LogP contribution in [0.3, 0.4) is 0 Å². The molecule has 2 saturated heterocycles. The minimum atomic E-state index is -0.0565. The van der Waals surface area contributed by atoms with Crippen molar-refractivity contribution in [2.45, 2.75) is 31.7 Å². The van der Waals surface area contributed by atoms with Gasteiger partial charge in [0.15, 0.2) is 12.0 Å². The number of ether oxygens (including phenoxy) is 1. The van der Waals surface area contributed by atoms with Gasteiger partial charge in [-0.3, -0.25) is 15.5 Å². The number of nitrogens with zero attached hydrogens (tertiary/aromatic N) is 1. The van der Waals surface area contributed by atoms with Crippen LogP contribution in [0.4, 0.5) is 0 Å². The molecule has 0 aromatic heterocycles. The van der Waals surface area contributed by atoms with Gasteiger partial charge >= 0.3 is 0 Å². The third-order valence-corrected chi connectivity index (χ3v) is 3.49. The molecule has 0 aromatic rings. The van der Waals surface area contributed by atoms with Gasteiger partial charge in [-0.2, -0.15) is 0 Å². The fourth-order valence-electron chi connectivity index (χ4n) is 2.52. The standard InChI is InChI=1S/C11H16N3O2/c12-11-13-10(15)9(7-1-2-7)14(11)8-3-5-16-6-4-8/h7-8H,1-6H2,(H2,12,13,15). The first kappa shape index (κ1) is 10.1. The van der Waals surface area contributed by atoms with Crippen molar-refractivity contribution >= 4 is 11.9 Å². The summed E-state index contributed by atoms with van der Waals surface area (Å²) >= 11 is 0. The molecule has 5 nitrogen and oxygen atoms in total. The van der Waals surface area contributed by atoms with E-state index in [0.717, 1.165) is 44.9 Å². The van der Waals surface area contributed by atoms with Crippen LogP contribution in [-0.4, -0.2) is 36.0 Å². The quantitative estimate of drug-likeness (QED) is 0.714. The van der Waals surface area contributed by atoms with Crippen molar-refractivity contribution in [1.29, 1.82) is 5.41 Å². The number of carbonyl (C=O) groups excluding carboxylic acids is 1. The second-order valence-corrected chi connectivity index (χ2v) is 4.68. The lowest BCUT2D eigenvalue weighted by atomic mass is 10.0. The van der Waals surface area contributed by atoms with E-state index in [0.29, 0.717) is 5.92 Å². The van der Waals surface area contributed by atoms with E-state index in [1.165, 1.54) is 0 Å². The molecule has 1 radical (unpaired) electrons. The molecule has 1 saturated carbocycles. The molecule has 0 unspecified atom stereocenters. The molecule has 87 valence electrons. The first-order valence-electron chi connectivity index (χ1n) is 5.91. The second-order valence-electron chi connectivity index (χ2n) is 4.68. The highest BCUT2D eigenvalue weighted by Crippen LogP contribution is 2.43. The summed E-state index contributed by atoms with van der Waals surface area (Å²) in [5.41, 5.74) is 0. The third kappa shape index (κ3) is 1.59. The highest BCUT2D eigenvalue weighted by Gasteiger charge is 2.49. The Morgan fingerprint density at radius 3 is 2.56 bits per heavy atom. The van der Waals surface area contributed by atoms with Gasteiger partial charge in [0.2, 0.25) is 0 Å². The van der Waals surface area contributed by atoms with Gasteiger partial charge in [-0.05, 0) is 31.6 Å². The van der Waals surface area contributed by atoms with Crippen molar-refractivity contribution < 1.29 is 9.53 Å². The molecule has 3 rings (SSSR count). The van der Waals surface area contributed by atoms with Crippen LogP contribution < -0.4 is 5.32 Å². The molecular weight excluding hydrogens is 206 g/mol. The van der Waals surface area contributed by atoms with E-state index in [-0.39, 0.29) is 17.9 Å². The lowest BCUT2D eigenvalue weighted by Gasteiger charge is -2.34. The minimum absolute atomic E-state index is 0.0565. The number of carbonyl (C=O) groups is 1. The van der Waals surface area contributed by atoms with Crippen molar-refractivity contribution in [1.82, 2.24) is 10.2 Å². The zero-order valence-electron chi connectivity index (χ0n) is 9.16. The van der Waals surface area contributed by atoms with E-state index < -0.39 is 0 Å². The maximum atomic E-state index is 11.8. The summed E-state index contributed by atoms with van der Waals surface area (Å²) in [4.78, 5) is 13.7. The molecule has 0 atom stereocenters. The van der Waals surface area contributed by atoms with Crippen molar-refractivity contribution in [3.8, 4) is 0 Å². The fraction of sp³-hybridized carbons (Fsp3) is 0.727. The maximum absolute atomic E-state index is 11.8. The van der Waals surface area contributed by atoms with Gasteiger partial charge in [-0.25, -0.2) is 0 Å².